The maximum absolute atomic E-state index is 5.53. The highest BCUT2D eigenvalue weighted by Gasteiger charge is 2.20. The predicted octanol–water partition coefficient (Wildman–Crippen LogP) is 2.20. The van der Waals surface area contributed by atoms with Gasteiger partial charge in [-0.05, 0) is 19.8 Å². The van der Waals surface area contributed by atoms with E-state index in [2.05, 4.69) is 15.3 Å². The molecule has 17 heavy (non-hydrogen) atoms. The third-order valence-electron chi connectivity index (χ3n) is 3.39. The molecule has 0 unspecified atom stereocenters. The van der Waals surface area contributed by atoms with Crippen LogP contribution in [-0.4, -0.2) is 23.1 Å². The Labute approximate surface area is 103 Å². The first-order valence-corrected chi connectivity index (χ1v) is 6.58. The van der Waals surface area contributed by atoms with E-state index in [1.165, 1.54) is 37.8 Å². The Morgan fingerprint density at radius 1 is 1.35 bits per heavy atom. The molecule has 0 amide bonds. The molecule has 1 heterocycles. The number of hydrogen-bond acceptors (Lipinski definition) is 4. The van der Waals surface area contributed by atoms with Crippen LogP contribution in [-0.2, 0) is 0 Å². The maximum atomic E-state index is 5.53. The van der Waals surface area contributed by atoms with Gasteiger partial charge in [0, 0.05) is 19.0 Å². The molecule has 4 nitrogen and oxygen atoms in total. The van der Waals surface area contributed by atoms with Crippen LogP contribution in [0.1, 0.15) is 49.5 Å². The number of nitrogens with one attached hydrogen (secondary N) is 1. The molecule has 0 aromatic carbocycles. The van der Waals surface area contributed by atoms with E-state index in [0.717, 1.165) is 18.1 Å². The van der Waals surface area contributed by atoms with Crippen molar-refractivity contribution in [3.63, 3.8) is 0 Å². The topological polar surface area (TPSA) is 63.8 Å². The SMILES string of the molecule is Cc1ncc(NCCN)c(C2CCCCC2)n1. The van der Waals surface area contributed by atoms with E-state index in [0.29, 0.717) is 12.5 Å². The van der Waals surface area contributed by atoms with Crippen molar-refractivity contribution in [2.75, 3.05) is 18.4 Å². The van der Waals surface area contributed by atoms with E-state index in [1.54, 1.807) is 0 Å². The van der Waals surface area contributed by atoms with E-state index in [4.69, 9.17) is 5.73 Å². The summed E-state index contributed by atoms with van der Waals surface area (Å²) < 4.78 is 0. The van der Waals surface area contributed by atoms with Crippen molar-refractivity contribution in [3.8, 4) is 0 Å². The molecule has 0 atom stereocenters. The van der Waals surface area contributed by atoms with E-state index in [9.17, 15) is 0 Å². The minimum Gasteiger partial charge on any atom is -0.381 e. The molecule has 2 rings (SSSR count). The van der Waals surface area contributed by atoms with Crippen LogP contribution in [0, 0.1) is 6.92 Å². The first-order valence-electron chi connectivity index (χ1n) is 6.58. The highest BCUT2D eigenvalue weighted by Crippen LogP contribution is 2.34. The molecule has 1 saturated carbocycles. The highest BCUT2D eigenvalue weighted by molar-refractivity contribution is 5.47. The molecular weight excluding hydrogens is 212 g/mol. The fraction of sp³-hybridized carbons (Fsp3) is 0.692. The summed E-state index contributed by atoms with van der Waals surface area (Å²) in [6.07, 6.45) is 8.43. The van der Waals surface area contributed by atoms with Gasteiger partial charge in [-0.15, -0.1) is 0 Å². The third kappa shape index (κ3) is 3.16. The Kier molecular flexibility index (Phi) is 4.31. The number of nitrogens with two attached hydrogens (primary N) is 1. The molecule has 1 aromatic heterocycles. The van der Waals surface area contributed by atoms with Gasteiger partial charge in [-0.2, -0.15) is 0 Å². The van der Waals surface area contributed by atoms with Crippen molar-refractivity contribution in [1.29, 1.82) is 0 Å². The molecule has 1 aliphatic carbocycles. The lowest BCUT2D eigenvalue weighted by molar-refractivity contribution is 0.436. The molecule has 3 N–H and O–H groups in total. The van der Waals surface area contributed by atoms with Crippen molar-refractivity contribution in [2.45, 2.75) is 44.9 Å². The van der Waals surface area contributed by atoms with Crippen LogP contribution in [0.3, 0.4) is 0 Å². The monoisotopic (exact) mass is 234 g/mol. The summed E-state index contributed by atoms with van der Waals surface area (Å²) in [6.45, 7) is 3.38. The van der Waals surface area contributed by atoms with E-state index in [1.807, 2.05) is 13.1 Å². The fourth-order valence-electron chi connectivity index (χ4n) is 2.52. The summed E-state index contributed by atoms with van der Waals surface area (Å²) in [4.78, 5) is 8.91. The van der Waals surface area contributed by atoms with Crippen LogP contribution in [0.5, 0.6) is 0 Å². The number of hydrogen-bond donors (Lipinski definition) is 2. The van der Waals surface area contributed by atoms with Crippen molar-refractivity contribution in [2.24, 2.45) is 5.73 Å². The summed E-state index contributed by atoms with van der Waals surface area (Å²) >= 11 is 0. The zero-order valence-corrected chi connectivity index (χ0v) is 10.6. The Morgan fingerprint density at radius 2 is 2.12 bits per heavy atom. The van der Waals surface area contributed by atoms with Gasteiger partial charge >= 0.3 is 0 Å². The molecule has 4 heteroatoms. The van der Waals surface area contributed by atoms with E-state index < -0.39 is 0 Å². The van der Waals surface area contributed by atoms with Gasteiger partial charge < -0.3 is 11.1 Å². The Bertz CT molecular complexity index is 358. The maximum Gasteiger partial charge on any atom is 0.125 e. The van der Waals surface area contributed by atoms with Gasteiger partial charge in [-0.25, -0.2) is 9.97 Å². The van der Waals surface area contributed by atoms with Crippen LogP contribution in [0.4, 0.5) is 5.69 Å². The number of aryl methyl sites for hydroxylation is 1. The van der Waals surface area contributed by atoms with Crippen LogP contribution < -0.4 is 11.1 Å². The highest BCUT2D eigenvalue weighted by atomic mass is 15.0. The molecule has 1 aliphatic rings. The van der Waals surface area contributed by atoms with E-state index >= 15 is 0 Å². The number of rotatable bonds is 4. The molecule has 0 spiro atoms. The summed E-state index contributed by atoms with van der Waals surface area (Å²) in [5, 5.41) is 3.34. The smallest absolute Gasteiger partial charge is 0.125 e. The molecule has 1 fully saturated rings. The number of nitrogens with zero attached hydrogens (tertiary/aromatic N) is 2. The standard InChI is InChI=1S/C13H22N4/c1-10-16-9-12(15-8-7-14)13(17-10)11-5-3-2-4-6-11/h9,11,15H,2-8,14H2,1H3. The first-order chi connectivity index (χ1) is 8.31. The minimum absolute atomic E-state index is 0.603. The zero-order valence-electron chi connectivity index (χ0n) is 10.6. The average molecular weight is 234 g/mol. The van der Waals surface area contributed by atoms with Crippen molar-refractivity contribution in [1.82, 2.24) is 9.97 Å². The largest absolute Gasteiger partial charge is 0.381 e. The second-order valence-electron chi connectivity index (χ2n) is 4.77. The van der Waals surface area contributed by atoms with Crippen molar-refractivity contribution in [3.05, 3.63) is 17.7 Å². The predicted molar refractivity (Wildman–Crippen MR) is 70.1 cm³/mol. The lowest BCUT2D eigenvalue weighted by atomic mass is 9.86. The fourth-order valence-corrected chi connectivity index (χ4v) is 2.52. The molecular formula is C13H22N4. The van der Waals surface area contributed by atoms with Crippen LogP contribution in [0.15, 0.2) is 6.20 Å². The van der Waals surface area contributed by atoms with Crippen molar-refractivity contribution >= 4 is 5.69 Å². The summed E-state index contributed by atoms with van der Waals surface area (Å²) in [5.74, 6) is 1.47. The Hall–Kier alpha value is -1.16. The lowest BCUT2D eigenvalue weighted by Crippen LogP contribution is -2.17. The average Bonchev–Trinajstić information content (AvgIpc) is 2.38. The van der Waals surface area contributed by atoms with Gasteiger partial charge in [0.25, 0.3) is 0 Å². The molecule has 0 bridgehead atoms. The third-order valence-corrected chi connectivity index (χ3v) is 3.39. The van der Waals surface area contributed by atoms with Gasteiger partial charge in [0.2, 0.25) is 0 Å². The second kappa shape index (κ2) is 5.96. The van der Waals surface area contributed by atoms with Crippen LogP contribution in [0.25, 0.3) is 0 Å². The van der Waals surface area contributed by atoms with Crippen molar-refractivity contribution < 1.29 is 0 Å². The molecule has 0 saturated heterocycles. The zero-order chi connectivity index (χ0) is 12.1. The van der Waals surface area contributed by atoms with Gasteiger partial charge in [0.15, 0.2) is 0 Å². The summed E-state index contributed by atoms with van der Waals surface area (Å²) in [5.41, 5.74) is 7.81. The number of aromatic nitrogens is 2. The Morgan fingerprint density at radius 3 is 2.82 bits per heavy atom. The Balaban J connectivity index is 2.19. The quantitative estimate of drug-likeness (QED) is 0.838. The summed E-state index contributed by atoms with van der Waals surface area (Å²) in [6, 6.07) is 0. The normalized spacial score (nSPS) is 17.1. The van der Waals surface area contributed by atoms with Gasteiger partial charge in [-0.3, -0.25) is 0 Å². The van der Waals surface area contributed by atoms with E-state index in [-0.39, 0.29) is 0 Å². The second-order valence-corrected chi connectivity index (χ2v) is 4.77. The molecule has 94 valence electrons. The summed E-state index contributed by atoms with van der Waals surface area (Å²) in [7, 11) is 0. The first kappa shape index (κ1) is 12.3. The molecule has 0 aliphatic heterocycles. The van der Waals surface area contributed by atoms with Crippen LogP contribution in [0.2, 0.25) is 0 Å². The van der Waals surface area contributed by atoms with Crippen LogP contribution >= 0.6 is 0 Å². The van der Waals surface area contributed by atoms with Gasteiger partial charge in [-0.1, -0.05) is 19.3 Å². The molecule has 1 aromatic rings. The lowest BCUT2D eigenvalue weighted by Gasteiger charge is -2.23. The minimum atomic E-state index is 0.603. The molecule has 0 radical (unpaired) electrons. The number of anilines is 1. The van der Waals surface area contributed by atoms with Gasteiger partial charge in [0.1, 0.15) is 5.82 Å². The van der Waals surface area contributed by atoms with Gasteiger partial charge in [0.05, 0.1) is 17.6 Å².